The molecule has 0 saturated carbocycles. The normalized spacial score (nSPS) is 12.0. The lowest BCUT2D eigenvalue weighted by atomic mass is 9.85. The summed E-state index contributed by atoms with van der Waals surface area (Å²) >= 11 is 1.75. The summed E-state index contributed by atoms with van der Waals surface area (Å²) in [7, 11) is 0. The zero-order valence-electron chi connectivity index (χ0n) is 21.5. The van der Waals surface area contributed by atoms with Crippen LogP contribution in [-0.4, -0.2) is 0 Å². The molecule has 40 heavy (non-hydrogen) atoms. The van der Waals surface area contributed by atoms with E-state index in [4.69, 9.17) is 4.42 Å². The highest BCUT2D eigenvalue weighted by Crippen LogP contribution is 2.45. The fourth-order valence-electron chi connectivity index (χ4n) is 6.53. The van der Waals surface area contributed by atoms with Crippen molar-refractivity contribution in [1.29, 1.82) is 0 Å². The van der Waals surface area contributed by atoms with Gasteiger partial charge in [-0.3, -0.25) is 0 Å². The first kappa shape index (κ1) is 22.0. The van der Waals surface area contributed by atoms with Crippen molar-refractivity contribution < 1.29 is 4.42 Å². The molecule has 7 aromatic carbocycles. The van der Waals surface area contributed by atoms with Gasteiger partial charge in [0, 0.05) is 20.9 Å². The van der Waals surface area contributed by atoms with Gasteiger partial charge in [0.2, 0.25) is 0 Å². The molecule has 9 aromatic rings. The van der Waals surface area contributed by atoms with Crippen molar-refractivity contribution in [3.05, 3.63) is 133 Å². The maximum atomic E-state index is 6.55. The molecule has 9 rings (SSSR count). The maximum Gasteiger partial charge on any atom is 0.144 e. The Morgan fingerprint density at radius 3 is 1.75 bits per heavy atom. The third-order valence-electron chi connectivity index (χ3n) is 8.33. The third kappa shape index (κ3) is 3.08. The largest absolute Gasteiger partial charge is 0.455 e. The molecule has 0 aliphatic carbocycles. The Balaban J connectivity index is 1.36. The minimum absolute atomic E-state index is 0.929. The molecule has 2 aromatic heterocycles. The summed E-state index contributed by atoms with van der Waals surface area (Å²) in [5.41, 5.74) is 6.85. The van der Waals surface area contributed by atoms with Crippen LogP contribution in [0.4, 0.5) is 0 Å². The molecule has 2 heteroatoms. The van der Waals surface area contributed by atoms with Gasteiger partial charge in [-0.25, -0.2) is 0 Å². The lowest BCUT2D eigenvalue weighted by Crippen LogP contribution is -1.90. The summed E-state index contributed by atoms with van der Waals surface area (Å²) in [6.45, 7) is 0. The number of hydrogen-bond acceptors (Lipinski definition) is 2. The molecule has 0 N–H and O–H groups in total. The SMILES string of the molecule is c1ccc2cc(-c3c4ccccc4c(-c4ccc5c(c4)oc4c6ccsc6ccc54)c4ccccc34)ccc2c1. The number of furan rings is 1. The molecule has 186 valence electrons. The van der Waals surface area contributed by atoms with E-state index in [2.05, 4.69) is 133 Å². The average Bonchev–Trinajstić information content (AvgIpc) is 3.64. The Morgan fingerprint density at radius 2 is 1.02 bits per heavy atom. The predicted octanol–water partition coefficient (Wildman–Crippen LogP) is 11.6. The zero-order valence-corrected chi connectivity index (χ0v) is 22.3. The van der Waals surface area contributed by atoms with E-state index in [9.17, 15) is 0 Å². The fraction of sp³-hybridized carbons (Fsp3) is 0. The van der Waals surface area contributed by atoms with Gasteiger partial charge in [0.25, 0.3) is 0 Å². The molecule has 2 heterocycles. The molecular weight excluding hydrogens is 504 g/mol. The van der Waals surface area contributed by atoms with Crippen molar-refractivity contribution >= 4 is 75.7 Å². The van der Waals surface area contributed by atoms with Gasteiger partial charge in [0.15, 0.2) is 0 Å². The Hall–Kier alpha value is -4.92. The molecule has 0 aliphatic rings. The second kappa shape index (κ2) is 8.29. The molecular formula is C38H22OS. The van der Waals surface area contributed by atoms with Gasteiger partial charge < -0.3 is 4.42 Å². The van der Waals surface area contributed by atoms with Crippen molar-refractivity contribution in [2.45, 2.75) is 0 Å². The minimum atomic E-state index is 0.929. The summed E-state index contributed by atoms with van der Waals surface area (Å²) in [5.74, 6) is 0. The molecule has 1 nitrogen and oxygen atoms in total. The molecule has 0 unspecified atom stereocenters. The van der Waals surface area contributed by atoms with E-state index in [-0.39, 0.29) is 0 Å². The van der Waals surface area contributed by atoms with Gasteiger partial charge in [0.1, 0.15) is 11.2 Å². The summed E-state index contributed by atoms with van der Waals surface area (Å²) in [5, 5.41) is 13.2. The molecule has 0 aliphatic heterocycles. The zero-order chi connectivity index (χ0) is 26.2. The summed E-state index contributed by atoms with van der Waals surface area (Å²) in [6.07, 6.45) is 0. The first-order valence-electron chi connectivity index (χ1n) is 13.6. The summed E-state index contributed by atoms with van der Waals surface area (Å²) < 4.78 is 7.81. The molecule has 0 spiro atoms. The smallest absolute Gasteiger partial charge is 0.144 e. The molecule has 0 saturated heterocycles. The van der Waals surface area contributed by atoms with E-state index in [1.54, 1.807) is 11.3 Å². The van der Waals surface area contributed by atoms with Crippen molar-refractivity contribution in [3.63, 3.8) is 0 Å². The standard InChI is InChI=1S/C38H22OS/c1-2-8-24-21-25(14-13-23(24)7-1)36-28-9-3-5-11-30(28)37(31-12-6-4-10-29(31)36)26-15-16-27-32-17-18-35-33(19-20-40-35)38(32)39-34(27)22-26/h1-22H. The second-order valence-electron chi connectivity index (χ2n) is 10.5. The Morgan fingerprint density at radius 1 is 0.425 bits per heavy atom. The van der Waals surface area contributed by atoms with Gasteiger partial charge >= 0.3 is 0 Å². The van der Waals surface area contributed by atoms with Crippen molar-refractivity contribution in [3.8, 4) is 22.3 Å². The van der Waals surface area contributed by atoms with Crippen molar-refractivity contribution in [2.75, 3.05) is 0 Å². The maximum absolute atomic E-state index is 6.55. The summed E-state index contributed by atoms with van der Waals surface area (Å²) in [6, 6.07) is 46.4. The molecule has 0 radical (unpaired) electrons. The third-order valence-corrected chi connectivity index (χ3v) is 9.21. The first-order chi connectivity index (χ1) is 19.8. The van der Waals surface area contributed by atoms with E-state index < -0.39 is 0 Å². The van der Waals surface area contributed by atoms with E-state index in [1.807, 2.05) is 0 Å². The first-order valence-corrected chi connectivity index (χ1v) is 14.5. The lowest BCUT2D eigenvalue weighted by Gasteiger charge is -2.18. The van der Waals surface area contributed by atoms with Crippen molar-refractivity contribution in [1.82, 2.24) is 0 Å². The Bertz CT molecular complexity index is 2380. The highest BCUT2D eigenvalue weighted by molar-refractivity contribution is 7.17. The second-order valence-corrected chi connectivity index (χ2v) is 11.4. The highest BCUT2D eigenvalue weighted by atomic mass is 32.1. The van der Waals surface area contributed by atoms with E-state index in [0.717, 1.165) is 16.6 Å². The molecule has 0 amide bonds. The number of rotatable bonds is 2. The van der Waals surface area contributed by atoms with Crippen LogP contribution in [0.5, 0.6) is 0 Å². The van der Waals surface area contributed by atoms with Crippen LogP contribution < -0.4 is 0 Å². The predicted molar refractivity (Wildman–Crippen MR) is 172 cm³/mol. The monoisotopic (exact) mass is 526 g/mol. The summed E-state index contributed by atoms with van der Waals surface area (Å²) in [4.78, 5) is 0. The lowest BCUT2D eigenvalue weighted by molar-refractivity contribution is 0.673. The van der Waals surface area contributed by atoms with E-state index in [0.29, 0.717) is 0 Å². The van der Waals surface area contributed by atoms with Gasteiger partial charge in [-0.1, -0.05) is 91.0 Å². The average molecular weight is 527 g/mol. The van der Waals surface area contributed by atoms with Gasteiger partial charge in [-0.05, 0) is 96.3 Å². The minimum Gasteiger partial charge on any atom is -0.455 e. The van der Waals surface area contributed by atoms with Crippen molar-refractivity contribution in [2.24, 2.45) is 0 Å². The number of thiophene rings is 1. The van der Waals surface area contributed by atoms with Crippen LogP contribution in [0.3, 0.4) is 0 Å². The van der Waals surface area contributed by atoms with Gasteiger partial charge in [-0.2, -0.15) is 0 Å². The van der Waals surface area contributed by atoms with Crippen LogP contribution in [-0.2, 0) is 0 Å². The van der Waals surface area contributed by atoms with Gasteiger partial charge in [0.05, 0.1) is 0 Å². The number of fused-ring (bicyclic) bond motifs is 8. The Labute approximate surface area is 234 Å². The van der Waals surface area contributed by atoms with Crippen LogP contribution in [0.2, 0.25) is 0 Å². The van der Waals surface area contributed by atoms with E-state index >= 15 is 0 Å². The number of benzene rings is 7. The van der Waals surface area contributed by atoms with Crippen LogP contribution in [0, 0.1) is 0 Å². The number of hydrogen-bond donors (Lipinski definition) is 0. The molecule has 0 fully saturated rings. The molecule has 0 bridgehead atoms. The fourth-order valence-corrected chi connectivity index (χ4v) is 7.31. The molecule has 0 atom stereocenters. The quantitative estimate of drug-likeness (QED) is 0.204. The van der Waals surface area contributed by atoms with Crippen LogP contribution in [0.25, 0.3) is 86.6 Å². The van der Waals surface area contributed by atoms with E-state index in [1.165, 1.54) is 70.0 Å². The van der Waals surface area contributed by atoms with Gasteiger partial charge in [-0.15, -0.1) is 11.3 Å². The van der Waals surface area contributed by atoms with Crippen LogP contribution >= 0.6 is 11.3 Å². The van der Waals surface area contributed by atoms with Crippen LogP contribution in [0.1, 0.15) is 0 Å². The topological polar surface area (TPSA) is 13.1 Å². The van der Waals surface area contributed by atoms with Crippen LogP contribution in [0.15, 0.2) is 137 Å². The highest BCUT2D eigenvalue weighted by Gasteiger charge is 2.18. The Kier molecular flexibility index (Phi) is 4.55.